The number of hydrogen-bond donors (Lipinski definition) is 1. The molecule has 2 atom stereocenters. The van der Waals surface area contributed by atoms with Crippen molar-refractivity contribution in [1.82, 2.24) is 15.1 Å². The molecule has 4 nitrogen and oxygen atoms in total. The molecule has 0 aromatic carbocycles. The molecule has 2 unspecified atom stereocenters. The number of nitrogens with zero attached hydrogens (tertiary/aromatic N) is 2. The molecule has 1 saturated heterocycles. The Hall–Kier alpha value is -0.870. The van der Waals surface area contributed by atoms with Gasteiger partial charge in [-0.3, -0.25) is 4.68 Å². The van der Waals surface area contributed by atoms with Gasteiger partial charge in [0.2, 0.25) is 0 Å². The van der Waals surface area contributed by atoms with E-state index in [0.29, 0.717) is 12.0 Å². The maximum absolute atomic E-state index is 5.56. The van der Waals surface area contributed by atoms with Gasteiger partial charge in [-0.15, -0.1) is 0 Å². The Morgan fingerprint density at radius 2 is 2.53 bits per heavy atom. The Morgan fingerprint density at radius 1 is 1.65 bits per heavy atom. The summed E-state index contributed by atoms with van der Waals surface area (Å²) in [4.78, 5) is 0. The molecule has 0 bridgehead atoms. The van der Waals surface area contributed by atoms with Gasteiger partial charge in [0.05, 0.1) is 12.8 Å². The molecule has 1 aliphatic rings. The van der Waals surface area contributed by atoms with Crippen LogP contribution in [0.2, 0.25) is 0 Å². The largest absolute Gasteiger partial charge is 0.381 e. The van der Waals surface area contributed by atoms with Gasteiger partial charge in [0, 0.05) is 25.9 Å². The highest BCUT2D eigenvalue weighted by Crippen LogP contribution is 2.20. The zero-order chi connectivity index (χ0) is 12.1. The SMILES string of the molecule is CNC(CCc1cnn(C)c1)C1CCCOC1. The van der Waals surface area contributed by atoms with Gasteiger partial charge in [-0.2, -0.15) is 5.10 Å². The van der Waals surface area contributed by atoms with E-state index in [2.05, 4.69) is 23.7 Å². The van der Waals surface area contributed by atoms with Crippen LogP contribution in [-0.2, 0) is 18.2 Å². The Balaban J connectivity index is 1.82. The predicted octanol–water partition coefficient (Wildman–Crippen LogP) is 1.37. The van der Waals surface area contributed by atoms with Crippen LogP contribution >= 0.6 is 0 Å². The van der Waals surface area contributed by atoms with Crippen molar-refractivity contribution in [1.29, 1.82) is 0 Å². The minimum atomic E-state index is 0.565. The summed E-state index contributed by atoms with van der Waals surface area (Å²) in [6.45, 7) is 1.86. The van der Waals surface area contributed by atoms with Crippen LogP contribution in [0.1, 0.15) is 24.8 Å². The van der Waals surface area contributed by atoms with E-state index in [-0.39, 0.29) is 0 Å². The summed E-state index contributed by atoms with van der Waals surface area (Å²) in [7, 11) is 4.02. The molecule has 0 spiro atoms. The topological polar surface area (TPSA) is 39.1 Å². The second kappa shape index (κ2) is 6.17. The second-order valence-corrected chi connectivity index (χ2v) is 4.93. The zero-order valence-corrected chi connectivity index (χ0v) is 10.9. The fraction of sp³-hybridized carbons (Fsp3) is 0.769. The van der Waals surface area contributed by atoms with Crippen LogP contribution in [0, 0.1) is 5.92 Å². The molecule has 4 heteroatoms. The highest BCUT2D eigenvalue weighted by molar-refractivity contribution is 5.04. The maximum atomic E-state index is 5.56. The molecule has 0 radical (unpaired) electrons. The number of ether oxygens (including phenoxy) is 1. The number of nitrogens with one attached hydrogen (secondary N) is 1. The zero-order valence-electron chi connectivity index (χ0n) is 10.9. The monoisotopic (exact) mass is 237 g/mol. The van der Waals surface area contributed by atoms with Crippen molar-refractivity contribution in [3.63, 3.8) is 0 Å². The standard InChI is InChI=1S/C13H23N3O/c1-14-13(12-4-3-7-17-10-12)6-5-11-8-15-16(2)9-11/h8-9,12-14H,3-7,10H2,1-2H3. The minimum absolute atomic E-state index is 0.565. The second-order valence-electron chi connectivity index (χ2n) is 4.93. The van der Waals surface area contributed by atoms with E-state index < -0.39 is 0 Å². The predicted molar refractivity (Wildman–Crippen MR) is 67.9 cm³/mol. The van der Waals surface area contributed by atoms with Crippen molar-refractivity contribution < 1.29 is 4.74 Å². The normalized spacial score (nSPS) is 22.6. The molecule has 1 aromatic heterocycles. The summed E-state index contributed by atoms with van der Waals surface area (Å²) in [6.07, 6.45) is 8.81. The first-order valence-electron chi connectivity index (χ1n) is 6.52. The van der Waals surface area contributed by atoms with E-state index >= 15 is 0 Å². The number of aryl methyl sites for hydroxylation is 2. The summed E-state index contributed by atoms with van der Waals surface area (Å²) < 4.78 is 7.43. The number of aromatic nitrogens is 2. The fourth-order valence-corrected chi connectivity index (χ4v) is 2.62. The van der Waals surface area contributed by atoms with Gasteiger partial charge in [-0.05, 0) is 44.2 Å². The van der Waals surface area contributed by atoms with Crippen molar-refractivity contribution in [2.24, 2.45) is 13.0 Å². The molecule has 2 heterocycles. The summed E-state index contributed by atoms with van der Waals surface area (Å²) in [5.41, 5.74) is 1.32. The first kappa shape index (κ1) is 12.6. The highest BCUT2D eigenvalue weighted by atomic mass is 16.5. The molecular formula is C13H23N3O. The van der Waals surface area contributed by atoms with Crippen LogP contribution in [-0.4, -0.2) is 36.1 Å². The van der Waals surface area contributed by atoms with E-state index in [1.165, 1.54) is 18.4 Å². The van der Waals surface area contributed by atoms with Gasteiger partial charge in [-0.1, -0.05) is 0 Å². The van der Waals surface area contributed by atoms with Crippen LogP contribution in [0.4, 0.5) is 0 Å². The van der Waals surface area contributed by atoms with Gasteiger partial charge in [-0.25, -0.2) is 0 Å². The average molecular weight is 237 g/mol. The molecule has 0 saturated carbocycles. The summed E-state index contributed by atoms with van der Waals surface area (Å²) in [5.74, 6) is 0.672. The first-order valence-corrected chi connectivity index (χ1v) is 6.52. The Labute approximate surface area is 103 Å². The maximum Gasteiger partial charge on any atom is 0.0521 e. The molecular weight excluding hydrogens is 214 g/mol. The van der Waals surface area contributed by atoms with Crippen LogP contribution < -0.4 is 5.32 Å². The molecule has 1 N–H and O–H groups in total. The minimum Gasteiger partial charge on any atom is -0.381 e. The van der Waals surface area contributed by atoms with Crippen molar-refractivity contribution >= 4 is 0 Å². The van der Waals surface area contributed by atoms with E-state index in [0.717, 1.165) is 26.1 Å². The third-order valence-corrected chi connectivity index (χ3v) is 3.64. The highest BCUT2D eigenvalue weighted by Gasteiger charge is 2.22. The lowest BCUT2D eigenvalue weighted by Gasteiger charge is -2.30. The molecule has 1 aromatic rings. The molecule has 0 aliphatic carbocycles. The number of rotatable bonds is 5. The van der Waals surface area contributed by atoms with Gasteiger partial charge < -0.3 is 10.1 Å². The van der Waals surface area contributed by atoms with Gasteiger partial charge in [0.1, 0.15) is 0 Å². The summed E-state index contributed by atoms with van der Waals surface area (Å²) in [5, 5.41) is 7.65. The van der Waals surface area contributed by atoms with Crippen LogP contribution in [0.5, 0.6) is 0 Å². The van der Waals surface area contributed by atoms with Crippen LogP contribution in [0.3, 0.4) is 0 Å². The summed E-state index contributed by atoms with van der Waals surface area (Å²) >= 11 is 0. The van der Waals surface area contributed by atoms with Crippen molar-refractivity contribution in [3.05, 3.63) is 18.0 Å². The van der Waals surface area contributed by atoms with E-state index in [4.69, 9.17) is 4.74 Å². The third kappa shape index (κ3) is 3.54. The van der Waals surface area contributed by atoms with E-state index in [1.807, 2.05) is 17.9 Å². The molecule has 2 rings (SSSR count). The van der Waals surface area contributed by atoms with E-state index in [1.54, 1.807) is 0 Å². The fourth-order valence-electron chi connectivity index (χ4n) is 2.62. The quantitative estimate of drug-likeness (QED) is 0.840. The Kier molecular flexibility index (Phi) is 4.57. The summed E-state index contributed by atoms with van der Waals surface area (Å²) in [6, 6.07) is 0.565. The van der Waals surface area contributed by atoms with Gasteiger partial charge >= 0.3 is 0 Å². The van der Waals surface area contributed by atoms with Crippen molar-refractivity contribution in [3.8, 4) is 0 Å². The molecule has 1 aliphatic heterocycles. The third-order valence-electron chi connectivity index (χ3n) is 3.64. The van der Waals surface area contributed by atoms with Crippen LogP contribution in [0.15, 0.2) is 12.4 Å². The Morgan fingerprint density at radius 3 is 3.12 bits per heavy atom. The van der Waals surface area contributed by atoms with Gasteiger partial charge in [0.15, 0.2) is 0 Å². The Bertz CT molecular complexity index is 331. The molecule has 96 valence electrons. The van der Waals surface area contributed by atoms with E-state index in [9.17, 15) is 0 Å². The van der Waals surface area contributed by atoms with Crippen molar-refractivity contribution in [2.45, 2.75) is 31.7 Å². The average Bonchev–Trinajstić information content (AvgIpc) is 2.77. The number of hydrogen-bond acceptors (Lipinski definition) is 3. The molecule has 0 amide bonds. The van der Waals surface area contributed by atoms with Crippen molar-refractivity contribution in [2.75, 3.05) is 20.3 Å². The van der Waals surface area contributed by atoms with Gasteiger partial charge in [0.25, 0.3) is 0 Å². The first-order chi connectivity index (χ1) is 8.29. The lowest BCUT2D eigenvalue weighted by molar-refractivity contribution is 0.0392. The lowest BCUT2D eigenvalue weighted by atomic mass is 9.90. The van der Waals surface area contributed by atoms with Crippen LogP contribution in [0.25, 0.3) is 0 Å². The molecule has 17 heavy (non-hydrogen) atoms. The smallest absolute Gasteiger partial charge is 0.0521 e. The molecule has 1 fully saturated rings. The lowest BCUT2D eigenvalue weighted by Crippen LogP contribution is -2.38.